The van der Waals surface area contributed by atoms with Crippen LogP contribution < -0.4 is 0 Å². The standard InChI is InChI=1S/C15H20BrNO3/c1-9-5-14(16)10(2)4-13(9)15(19)17-6-12(7-18)20-8-11(17)3/h4-5,11-12,18H,6-8H2,1-3H3/t11-,12-/m0/s1. The van der Waals surface area contributed by atoms with Gasteiger partial charge in [-0.05, 0) is 44.0 Å². The van der Waals surface area contributed by atoms with Gasteiger partial charge in [-0.3, -0.25) is 4.79 Å². The van der Waals surface area contributed by atoms with Gasteiger partial charge in [-0.15, -0.1) is 0 Å². The van der Waals surface area contributed by atoms with E-state index in [0.717, 1.165) is 21.2 Å². The van der Waals surface area contributed by atoms with Gasteiger partial charge in [-0.2, -0.15) is 0 Å². The largest absolute Gasteiger partial charge is 0.394 e. The van der Waals surface area contributed by atoms with Crippen LogP contribution in [0.3, 0.4) is 0 Å². The number of nitrogens with zero attached hydrogens (tertiary/aromatic N) is 1. The van der Waals surface area contributed by atoms with Crippen LogP contribution >= 0.6 is 15.9 Å². The van der Waals surface area contributed by atoms with Crippen LogP contribution in [0.25, 0.3) is 0 Å². The Morgan fingerprint density at radius 1 is 1.45 bits per heavy atom. The van der Waals surface area contributed by atoms with Gasteiger partial charge in [0, 0.05) is 16.6 Å². The molecule has 2 atom stereocenters. The molecule has 2 rings (SSSR count). The molecule has 20 heavy (non-hydrogen) atoms. The Kier molecular flexibility index (Phi) is 4.83. The SMILES string of the molecule is Cc1cc(C(=O)N2C[C@@H](CO)OC[C@@H]2C)c(C)cc1Br. The molecule has 0 spiro atoms. The molecule has 1 fully saturated rings. The van der Waals surface area contributed by atoms with E-state index in [0.29, 0.717) is 13.2 Å². The predicted molar refractivity (Wildman–Crippen MR) is 80.9 cm³/mol. The molecule has 1 aliphatic rings. The van der Waals surface area contributed by atoms with Gasteiger partial charge in [0.25, 0.3) is 5.91 Å². The third-order valence-corrected chi connectivity index (χ3v) is 4.56. The number of hydrogen-bond donors (Lipinski definition) is 1. The highest BCUT2D eigenvalue weighted by Crippen LogP contribution is 2.24. The average Bonchev–Trinajstić information content (AvgIpc) is 2.42. The summed E-state index contributed by atoms with van der Waals surface area (Å²) in [4.78, 5) is 14.5. The minimum atomic E-state index is -0.285. The van der Waals surface area contributed by atoms with E-state index in [-0.39, 0.29) is 24.7 Å². The maximum Gasteiger partial charge on any atom is 0.254 e. The fraction of sp³-hybridized carbons (Fsp3) is 0.533. The van der Waals surface area contributed by atoms with Crippen molar-refractivity contribution >= 4 is 21.8 Å². The zero-order valence-electron chi connectivity index (χ0n) is 12.0. The van der Waals surface area contributed by atoms with Crippen LogP contribution in [0.4, 0.5) is 0 Å². The van der Waals surface area contributed by atoms with Crippen LogP contribution in [0.5, 0.6) is 0 Å². The lowest BCUT2D eigenvalue weighted by Crippen LogP contribution is -2.52. The molecule has 0 aromatic heterocycles. The molecule has 1 heterocycles. The first-order chi connectivity index (χ1) is 9.43. The number of rotatable bonds is 2. The summed E-state index contributed by atoms with van der Waals surface area (Å²) in [6.07, 6.45) is -0.285. The molecule has 1 aliphatic heterocycles. The predicted octanol–water partition coefficient (Wildman–Crippen LogP) is 2.29. The van der Waals surface area contributed by atoms with Gasteiger partial charge in [0.1, 0.15) is 0 Å². The first-order valence-electron chi connectivity index (χ1n) is 6.74. The second-order valence-electron chi connectivity index (χ2n) is 5.36. The highest BCUT2D eigenvalue weighted by Gasteiger charge is 2.30. The monoisotopic (exact) mass is 341 g/mol. The second kappa shape index (κ2) is 6.24. The summed E-state index contributed by atoms with van der Waals surface area (Å²) in [6, 6.07) is 3.91. The van der Waals surface area contributed by atoms with E-state index in [4.69, 9.17) is 4.74 Å². The molecule has 4 nitrogen and oxygen atoms in total. The van der Waals surface area contributed by atoms with Crippen LogP contribution in [-0.4, -0.2) is 47.8 Å². The van der Waals surface area contributed by atoms with Crippen LogP contribution in [0.1, 0.15) is 28.4 Å². The van der Waals surface area contributed by atoms with Crippen molar-refractivity contribution in [3.05, 3.63) is 33.3 Å². The number of carbonyl (C=O) groups excluding carboxylic acids is 1. The lowest BCUT2D eigenvalue weighted by molar-refractivity contribution is -0.0667. The molecule has 0 bridgehead atoms. The zero-order chi connectivity index (χ0) is 14.9. The Labute approximate surface area is 127 Å². The number of aliphatic hydroxyl groups is 1. The quantitative estimate of drug-likeness (QED) is 0.897. The van der Waals surface area contributed by atoms with Crippen LogP contribution in [0.15, 0.2) is 16.6 Å². The fourth-order valence-electron chi connectivity index (χ4n) is 2.38. The second-order valence-corrected chi connectivity index (χ2v) is 6.22. The van der Waals surface area contributed by atoms with E-state index in [2.05, 4.69) is 15.9 Å². The number of aliphatic hydroxyl groups excluding tert-OH is 1. The minimum Gasteiger partial charge on any atom is -0.394 e. The van der Waals surface area contributed by atoms with Crippen LogP contribution in [0, 0.1) is 13.8 Å². The number of halogens is 1. The molecule has 1 N–H and O–H groups in total. The molecule has 0 saturated carbocycles. The minimum absolute atomic E-state index is 0.00681. The summed E-state index contributed by atoms with van der Waals surface area (Å²) in [5, 5.41) is 9.21. The van der Waals surface area contributed by atoms with Crippen molar-refractivity contribution in [1.29, 1.82) is 0 Å². The summed E-state index contributed by atoms with van der Waals surface area (Å²) >= 11 is 3.48. The van der Waals surface area contributed by atoms with Gasteiger partial charge >= 0.3 is 0 Å². The molecule has 0 aliphatic carbocycles. The van der Waals surface area contributed by atoms with E-state index in [1.54, 1.807) is 4.90 Å². The van der Waals surface area contributed by atoms with E-state index < -0.39 is 0 Å². The van der Waals surface area contributed by atoms with Crippen molar-refractivity contribution in [3.8, 4) is 0 Å². The topological polar surface area (TPSA) is 49.8 Å². The van der Waals surface area contributed by atoms with Crippen molar-refractivity contribution in [3.63, 3.8) is 0 Å². The van der Waals surface area contributed by atoms with Gasteiger partial charge < -0.3 is 14.7 Å². The summed E-state index contributed by atoms with van der Waals surface area (Å²) in [5.74, 6) is 0.00681. The van der Waals surface area contributed by atoms with E-state index in [9.17, 15) is 9.90 Å². The summed E-state index contributed by atoms with van der Waals surface area (Å²) < 4.78 is 6.49. The maximum atomic E-state index is 12.7. The zero-order valence-corrected chi connectivity index (χ0v) is 13.6. The Morgan fingerprint density at radius 3 is 2.80 bits per heavy atom. The number of morpholine rings is 1. The summed E-state index contributed by atoms with van der Waals surface area (Å²) in [7, 11) is 0. The van der Waals surface area contributed by atoms with Crippen molar-refractivity contribution in [1.82, 2.24) is 4.90 Å². The molecule has 1 amide bonds. The summed E-state index contributed by atoms with van der Waals surface area (Å²) in [6.45, 7) is 6.71. The molecule has 5 heteroatoms. The summed E-state index contributed by atoms with van der Waals surface area (Å²) in [5.41, 5.74) is 2.71. The lowest BCUT2D eigenvalue weighted by Gasteiger charge is -2.37. The molecule has 110 valence electrons. The van der Waals surface area contributed by atoms with Crippen molar-refractivity contribution in [2.24, 2.45) is 0 Å². The van der Waals surface area contributed by atoms with Gasteiger partial charge in [-0.1, -0.05) is 15.9 Å². The maximum absolute atomic E-state index is 12.7. The van der Waals surface area contributed by atoms with Crippen molar-refractivity contribution < 1.29 is 14.6 Å². The Hall–Kier alpha value is -0.910. The van der Waals surface area contributed by atoms with Crippen LogP contribution in [0.2, 0.25) is 0 Å². The lowest BCUT2D eigenvalue weighted by atomic mass is 10.0. The van der Waals surface area contributed by atoms with Gasteiger partial charge in [0.2, 0.25) is 0 Å². The third-order valence-electron chi connectivity index (χ3n) is 3.71. The molecular weight excluding hydrogens is 322 g/mol. The van der Waals surface area contributed by atoms with Gasteiger partial charge in [0.15, 0.2) is 0 Å². The van der Waals surface area contributed by atoms with E-state index in [1.807, 2.05) is 32.9 Å². The number of benzene rings is 1. The number of hydrogen-bond acceptors (Lipinski definition) is 3. The van der Waals surface area contributed by atoms with Gasteiger partial charge in [0.05, 0.1) is 25.4 Å². The number of amides is 1. The molecule has 1 aromatic carbocycles. The highest BCUT2D eigenvalue weighted by molar-refractivity contribution is 9.10. The Morgan fingerprint density at radius 2 is 2.15 bits per heavy atom. The number of carbonyl (C=O) groups is 1. The normalized spacial score (nSPS) is 22.9. The smallest absolute Gasteiger partial charge is 0.254 e. The third kappa shape index (κ3) is 3.05. The number of aryl methyl sites for hydroxylation is 2. The van der Waals surface area contributed by atoms with Crippen molar-refractivity contribution in [2.45, 2.75) is 32.9 Å². The van der Waals surface area contributed by atoms with E-state index in [1.165, 1.54) is 0 Å². The average molecular weight is 342 g/mol. The molecule has 0 radical (unpaired) electrons. The first kappa shape index (κ1) is 15.5. The molecular formula is C15H20BrNO3. The molecule has 0 unspecified atom stereocenters. The van der Waals surface area contributed by atoms with Gasteiger partial charge in [-0.25, -0.2) is 0 Å². The number of ether oxygens (including phenoxy) is 1. The first-order valence-corrected chi connectivity index (χ1v) is 7.53. The fourth-order valence-corrected chi connectivity index (χ4v) is 2.83. The molecule has 1 saturated heterocycles. The van der Waals surface area contributed by atoms with E-state index >= 15 is 0 Å². The highest BCUT2D eigenvalue weighted by atomic mass is 79.9. The molecule has 1 aromatic rings. The Balaban J connectivity index is 2.28. The van der Waals surface area contributed by atoms with Crippen molar-refractivity contribution in [2.75, 3.05) is 19.8 Å². The Bertz CT molecular complexity index is 518. The van der Waals surface area contributed by atoms with Crippen LogP contribution in [-0.2, 0) is 4.74 Å².